The zero-order valence-electron chi connectivity index (χ0n) is 22.4. The Kier molecular flexibility index (Phi) is 17.6. The van der Waals surface area contributed by atoms with Crippen LogP contribution in [0.25, 0.3) is 0 Å². The molecule has 1 atom stereocenters. The van der Waals surface area contributed by atoms with Gasteiger partial charge in [0.2, 0.25) is 5.91 Å². The van der Waals surface area contributed by atoms with Crippen molar-refractivity contribution in [2.24, 2.45) is 5.92 Å². The summed E-state index contributed by atoms with van der Waals surface area (Å²) in [6, 6.07) is 16.5. The van der Waals surface area contributed by atoms with Crippen molar-refractivity contribution < 1.29 is 19.0 Å². The van der Waals surface area contributed by atoms with Crippen LogP contribution in [0.2, 0.25) is 0 Å². The number of unbranched alkanes of at least 4 members (excludes halogenated alkanes) is 4. The van der Waals surface area contributed by atoms with Gasteiger partial charge in [-0.3, -0.25) is 4.79 Å². The number of ether oxygens (including phenoxy) is 3. The van der Waals surface area contributed by atoms with Crippen molar-refractivity contribution in [3.8, 4) is 11.5 Å². The largest absolute Gasteiger partial charge is 0.490 e. The maximum Gasteiger partial charge on any atom is 0.222 e. The van der Waals surface area contributed by atoms with Gasteiger partial charge >= 0.3 is 0 Å². The van der Waals surface area contributed by atoms with Crippen LogP contribution in [0.4, 0.5) is 0 Å². The zero-order chi connectivity index (χ0) is 25.1. The number of hydrogen-bond acceptors (Lipinski definition) is 4. The summed E-state index contributed by atoms with van der Waals surface area (Å²) < 4.78 is 17.3. The Morgan fingerprint density at radius 3 is 2.39 bits per heavy atom. The molecule has 0 spiro atoms. The van der Waals surface area contributed by atoms with Crippen LogP contribution in [0.15, 0.2) is 48.5 Å². The van der Waals surface area contributed by atoms with E-state index in [4.69, 9.17) is 14.2 Å². The number of carbonyl (C=O) groups excluding carboxylic acids is 1. The highest BCUT2D eigenvalue weighted by Gasteiger charge is 2.12. The maximum absolute atomic E-state index is 12.1. The summed E-state index contributed by atoms with van der Waals surface area (Å²) in [5.41, 5.74) is 2.40. The minimum Gasteiger partial charge on any atom is -0.490 e. The minimum atomic E-state index is 0. The molecule has 0 unspecified atom stereocenters. The molecule has 2 aromatic rings. The smallest absolute Gasteiger partial charge is 0.222 e. The lowest BCUT2D eigenvalue weighted by atomic mass is 10.00. The van der Waals surface area contributed by atoms with Crippen LogP contribution in [0.5, 0.6) is 11.5 Å². The van der Waals surface area contributed by atoms with Gasteiger partial charge in [-0.05, 0) is 48.9 Å². The van der Waals surface area contributed by atoms with E-state index in [0.717, 1.165) is 75.0 Å². The van der Waals surface area contributed by atoms with Crippen LogP contribution in [0.1, 0.15) is 76.3 Å². The Balaban J connectivity index is 0.00000648. The Bertz CT molecular complexity index is 831. The van der Waals surface area contributed by atoms with Crippen molar-refractivity contribution in [2.45, 2.75) is 78.2 Å². The first-order valence-corrected chi connectivity index (χ1v) is 13.3. The van der Waals surface area contributed by atoms with E-state index in [-0.39, 0.29) is 24.2 Å². The topological polar surface area (TPSA) is 56.8 Å². The number of halogens is 1. The lowest BCUT2D eigenvalue weighted by Crippen LogP contribution is -2.29. The van der Waals surface area contributed by atoms with E-state index in [2.05, 4.69) is 36.5 Å². The Morgan fingerprint density at radius 2 is 1.64 bits per heavy atom. The first-order chi connectivity index (χ1) is 17.1. The van der Waals surface area contributed by atoms with Gasteiger partial charge in [0.15, 0.2) is 11.5 Å². The minimum absolute atomic E-state index is 0. The van der Waals surface area contributed by atoms with E-state index >= 15 is 0 Å². The number of nitrogens with one attached hydrogen (secondary N) is 1. The molecule has 2 aromatic carbocycles. The molecule has 2 rings (SSSR count). The monoisotopic (exact) mass is 519 g/mol. The zero-order valence-corrected chi connectivity index (χ0v) is 23.2. The highest BCUT2D eigenvalue weighted by Crippen LogP contribution is 2.30. The molecule has 0 aliphatic carbocycles. The molecule has 0 bridgehead atoms. The quantitative estimate of drug-likeness (QED) is 0.200. The first kappa shape index (κ1) is 31.8. The molecule has 1 N–H and O–H groups in total. The maximum atomic E-state index is 12.1. The number of methoxy groups -OCH3 is 1. The van der Waals surface area contributed by atoms with Gasteiger partial charge in [0.25, 0.3) is 0 Å². The van der Waals surface area contributed by atoms with E-state index in [9.17, 15) is 4.79 Å². The molecule has 0 saturated carbocycles. The van der Waals surface area contributed by atoms with Gasteiger partial charge in [0, 0.05) is 32.6 Å². The number of hydrogen-bond donors (Lipinski definition) is 1. The SMILES string of the molecule is CCCCNC(=O)[C@H](C)CCCCCCc1ccc(OCc2ccccc2)c(OCCCOC)c1.Cl. The van der Waals surface area contributed by atoms with Gasteiger partial charge in [-0.25, -0.2) is 0 Å². The molecule has 5 nitrogen and oxygen atoms in total. The van der Waals surface area contributed by atoms with Crippen LogP contribution in [-0.2, 0) is 22.6 Å². The van der Waals surface area contributed by atoms with Crippen LogP contribution < -0.4 is 14.8 Å². The molecule has 0 aliphatic rings. The molecular weight excluding hydrogens is 474 g/mol. The number of benzene rings is 2. The Morgan fingerprint density at radius 1 is 0.861 bits per heavy atom. The lowest BCUT2D eigenvalue weighted by molar-refractivity contribution is -0.124. The highest BCUT2D eigenvalue weighted by atomic mass is 35.5. The summed E-state index contributed by atoms with van der Waals surface area (Å²) in [6.45, 7) is 6.77. The fourth-order valence-corrected chi connectivity index (χ4v) is 3.89. The van der Waals surface area contributed by atoms with Crippen LogP contribution in [0, 0.1) is 5.92 Å². The standard InChI is InChI=1S/C30H45NO4.ClH/c1-4-5-20-31-30(32)25(2)14-9-6-7-10-15-26-18-19-28(29(23-26)34-22-13-21-33-3)35-24-27-16-11-8-12-17-27;/h8,11-12,16-19,23,25H,4-7,9-10,13-15,20-22,24H2,1-3H3,(H,31,32);1H/t25-;/m1./s1. The third kappa shape index (κ3) is 13.2. The van der Waals surface area contributed by atoms with Crippen molar-refractivity contribution in [3.63, 3.8) is 0 Å². The summed E-state index contributed by atoms with van der Waals surface area (Å²) in [5.74, 6) is 1.89. The van der Waals surface area contributed by atoms with E-state index in [1.165, 1.54) is 12.0 Å². The predicted octanol–water partition coefficient (Wildman–Crippen LogP) is 7.15. The first-order valence-electron chi connectivity index (χ1n) is 13.3. The molecule has 6 heteroatoms. The second-order valence-electron chi connectivity index (χ2n) is 9.25. The van der Waals surface area contributed by atoms with Crippen LogP contribution >= 0.6 is 12.4 Å². The van der Waals surface area contributed by atoms with E-state index in [0.29, 0.717) is 19.8 Å². The predicted molar refractivity (Wildman–Crippen MR) is 150 cm³/mol. The van der Waals surface area contributed by atoms with Gasteiger partial charge in [-0.1, -0.05) is 75.9 Å². The molecule has 0 aliphatic heterocycles. The second-order valence-corrected chi connectivity index (χ2v) is 9.25. The second kappa shape index (κ2) is 19.9. The third-order valence-corrected chi connectivity index (χ3v) is 6.13. The van der Waals surface area contributed by atoms with Crippen LogP contribution in [0.3, 0.4) is 0 Å². The molecule has 0 aromatic heterocycles. The Hall–Kier alpha value is -2.24. The third-order valence-electron chi connectivity index (χ3n) is 6.13. The van der Waals surface area contributed by atoms with Gasteiger partial charge in [-0.15, -0.1) is 12.4 Å². The summed E-state index contributed by atoms with van der Waals surface area (Å²) in [6.07, 6.45) is 9.54. The van der Waals surface area contributed by atoms with Crippen molar-refractivity contribution in [1.82, 2.24) is 5.32 Å². The Labute approximate surface area is 224 Å². The van der Waals surface area contributed by atoms with E-state index < -0.39 is 0 Å². The van der Waals surface area contributed by atoms with Gasteiger partial charge in [0.05, 0.1) is 6.61 Å². The van der Waals surface area contributed by atoms with E-state index in [1.54, 1.807) is 7.11 Å². The molecule has 1 amide bonds. The molecule has 0 saturated heterocycles. The number of rotatable bonds is 19. The average molecular weight is 520 g/mol. The number of aryl methyl sites for hydroxylation is 1. The molecule has 0 radical (unpaired) electrons. The van der Waals surface area contributed by atoms with Gasteiger partial charge in [0.1, 0.15) is 6.61 Å². The highest BCUT2D eigenvalue weighted by molar-refractivity contribution is 5.85. The van der Waals surface area contributed by atoms with E-state index in [1.807, 2.05) is 31.2 Å². The van der Waals surface area contributed by atoms with Crippen molar-refractivity contribution >= 4 is 18.3 Å². The molecule has 202 valence electrons. The van der Waals surface area contributed by atoms with Crippen LogP contribution in [-0.4, -0.2) is 32.8 Å². The number of amides is 1. The molecule has 36 heavy (non-hydrogen) atoms. The molecular formula is C30H46ClNO4. The van der Waals surface area contributed by atoms with Crippen molar-refractivity contribution in [3.05, 3.63) is 59.7 Å². The average Bonchev–Trinajstić information content (AvgIpc) is 2.88. The fraction of sp³-hybridized carbons (Fsp3) is 0.567. The summed E-state index contributed by atoms with van der Waals surface area (Å²) >= 11 is 0. The lowest BCUT2D eigenvalue weighted by Gasteiger charge is -2.15. The summed E-state index contributed by atoms with van der Waals surface area (Å²) in [4.78, 5) is 12.1. The normalized spacial score (nSPS) is 11.4. The fourth-order valence-electron chi connectivity index (χ4n) is 3.89. The van der Waals surface area contributed by atoms with Crippen molar-refractivity contribution in [2.75, 3.05) is 26.9 Å². The summed E-state index contributed by atoms with van der Waals surface area (Å²) in [5, 5.41) is 3.04. The van der Waals surface area contributed by atoms with Gasteiger partial charge in [-0.2, -0.15) is 0 Å². The van der Waals surface area contributed by atoms with Crippen molar-refractivity contribution in [1.29, 1.82) is 0 Å². The van der Waals surface area contributed by atoms with Gasteiger partial charge < -0.3 is 19.5 Å². The summed E-state index contributed by atoms with van der Waals surface area (Å²) in [7, 11) is 1.71. The number of carbonyl (C=O) groups is 1. The molecule has 0 heterocycles. The molecule has 0 fully saturated rings.